The van der Waals surface area contributed by atoms with Gasteiger partial charge in [-0.05, 0) is 36.2 Å². The van der Waals surface area contributed by atoms with Gasteiger partial charge in [0.15, 0.2) is 0 Å². The van der Waals surface area contributed by atoms with Gasteiger partial charge in [-0.15, -0.1) is 0 Å². The first-order valence-electron chi connectivity index (χ1n) is 8.13. The van der Waals surface area contributed by atoms with Gasteiger partial charge in [-0.3, -0.25) is 9.36 Å². The zero-order valence-electron chi connectivity index (χ0n) is 13.3. The van der Waals surface area contributed by atoms with Crippen molar-refractivity contribution >= 4 is 11.0 Å². The summed E-state index contributed by atoms with van der Waals surface area (Å²) in [5.41, 5.74) is 4.23. The average molecular weight is 314 g/mol. The molecule has 2 heterocycles. The summed E-state index contributed by atoms with van der Waals surface area (Å²) in [6.45, 7) is 0.889. The highest BCUT2D eigenvalue weighted by Crippen LogP contribution is 2.18. The van der Waals surface area contributed by atoms with Crippen molar-refractivity contribution in [2.45, 2.75) is 13.0 Å². The summed E-state index contributed by atoms with van der Waals surface area (Å²) in [5, 5.41) is 0. The van der Waals surface area contributed by atoms with E-state index in [-0.39, 0.29) is 5.56 Å². The SMILES string of the molecule is O=c1ccc2c(ccn2CCc2ccccc2)n1-c1ccccc1. The molecule has 4 aromatic rings. The summed E-state index contributed by atoms with van der Waals surface area (Å²) in [6.07, 6.45) is 3.03. The van der Waals surface area contributed by atoms with Gasteiger partial charge in [0.05, 0.1) is 11.0 Å². The molecule has 0 saturated carbocycles. The lowest BCUT2D eigenvalue weighted by atomic mass is 10.1. The predicted octanol–water partition coefficient (Wildman–Crippen LogP) is 4.03. The van der Waals surface area contributed by atoms with E-state index in [1.165, 1.54) is 5.56 Å². The maximum absolute atomic E-state index is 12.4. The average Bonchev–Trinajstić information content (AvgIpc) is 3.04. The van der Waals surface area contributed by atoms with Crippen molar-refractivity contribution in [3.05, 3.63) is 101 Å². The molecule has 0 unspecified atom stereocenters. The van der Waals surface area contributed by atoms with Gasteiger partial charge in [0.1, 0.15) is 0 Å². The summed E-state index contributed by atoms with van der Waals surface area (Å²) >= 11 is 0. The first-order valence-corrected chi connectivity index (χ1v) is 8.13. The Kier molecular flexibility index (Phi) is 3.75. The van der Waals surface area contributed by atoms with Crippen molar-refractivity contribution in [2.75, 3.05) is 0 Å². The monoisotopic (exact) mass is 314 g/mol. The second kappa shape index (κ2) is 6.20. The highest BCUT2D eigenvalue weighted by atomic mass is 16.1. The van der Waals surface area contributed by atoms with E-state index >= 15 is 0 Å². The molecule has 0 aliphatic carbocycles. The molecule has 0 N–H and O–H groups in total. The molecule has 0 bridgehead atoms. The molecule has 118 valence electrons. The number of pyridine rings is 1. The Balaban J connectivity index is 1.74. The molecule has 0 radical (unpaired) electrons. The van der Waals surface area contributed by atoms with Gasteiger partial charge in [-0.2, -0.15) is 0 Å². The predicted molar refractivity (Wildman–Crippen MR) is 97.7 cm³/mol. The standard InChI is InChI=1S/C21H18N2O/c24-21-12-11-19-20(23(21)18-9-5-2-6-10-18)14-16-22(19)15-13-17-7-3-1-4-8-17/h1-12,14,16H,13,15H2. The molecule has 3 heteroatoms. The Labute approximate surface area is 140 Å². The first-order chi connectivity index (χ1) is 11.8. The fraction of sp³-hybridized carbons (Fsp3) is 0.0952. The Hall–Kier alpha value is -3.07. The lowest BCUT2D eigenvalue weighted by molar-refractivity contribution is 0.722. The number of benzene rings is 2. The molecule has 3 nitrogen and oxygen atoms in total. The molecule has 4 rings (SSSR count). The maximum atomic E-state index is 12.4. The minimum atomic E-state index is -0.00508. The zero-order chi connectivity index (χ0) is 16.4. The molecule has 2 aromatic heterocycles. The van der Waals surface area contributed by atoms with Crippen molar-refractivity contribution in [1.82, 2.24) is 9.13 Å². The Morgan fingerprint density at radius 3 is 2.17 bits per heavy atom. The van der Waals surface area contributed by atoms with E-state index in [0.29, 0.717) is 0 Å². The highest BCUT2D eigenvalue weighted by molar-refractivity contribution is 5.78. The van der Waals surface area contributed by atoms with E-state index in [4.69, 9.17) is 0 Å². The largest absolute Gasteiger partial charge is 0.346 e. The van der Waals surface area contributed by atoms with E-state index in [1.807, 2.05) is 48.5 Å². The number of hydrogen-bond acceptors (Lipinski definition) is 1. The van der Waals surface area contributed by atoms with E-state index in [2.05, 4.69) is 35.0 Å². The fourth-order valence-corrected chi connectivity index (χ4v) is 3.12. The third-order valence-electron chi connectivity index (χ3n) is 4.33. The van der Waals surface area contributed by atoms with Crippen LogP contribution in [0, 0.1) is 0 Å². The minimum Gasteiger partial charge on any atom is -0.346 e. The van der Waals surface area contributed by atoms with Crippen molar-refractivity contribution in [3.63, 3.8) is 0 Å². The molecule has 24 heavy (non-hydrogen) atoms. The van der Waals surface area contributed by atoms with E-state index in [1.54, 1.807) is 10.6 Å². The quantitative estimate of drug-likeness (QED) is 0.558. The van der Waals surface area contributed by atoms with Crippen molar-refractivity contribution in [1.29, 1.82) is 0 Å². The van der Waals surface area contributed by atoms with Crippen LogP contribution >= 0.6 is 0 Å². The maximum Gasteiger partial charge on any atom is 0.255 e. The van der Waals surface area contributed by atoms with E-state index < -0.39 is 0 Å². The molecule has 0 spiro atoms. The summed E-state index contributed by atoms with van der Waals surface area (Å²) in [7, 11) is 0. The normalized spacial score (nSPS) is 11.0. The van der Waals surface area contributed by atoms with Gasteiger partial charge in [-0.1, -0.05) is 48.5 Å². The molecule has 0 aliphatic heterocycles. The molecule has 0 saturated heterocycles. The molecule has 0 aliphatic rings. The van der Waals surface area contributed by atoms with Crippen LogP contribution in [-0.2, 0) is 13.0 Å². The number of aromatic nitrogens is 2. The van der Waals surface area contributed by atoms with Crippen LogP contribution in [0.25, 0.3) is 16.7 Å². The molecular formula is C21H18N2O. The van der Waals surface area contributed by atoms with Crippen LogP contribution in [0.4, 0.5) is 0 Å². The topological polar surface area (TPSA) is 26.9 Å². The van der Waals surface area contributed by atoms with E-state index in [9.17, 15) is 4.79 Å². The van der Waals surface area contributed by atoms with Gasteiger partial charge in [-0.25, -0.2) is 0 Å². The number of rotatable bonds is 4. The number of para-hydroxylation sites is 1. The van der Waals surface area contributed by atoms with Crippen LogP contribution < -0.4 is 5.56 Å². The lowest BCUT2D eigenvalue weighted by Gasteiger charge is -2.09. The van der Waals surface area contributed by atoms with Crippen molar-refractivity contribution in [2.24, 2.45) is 0 Å². The van der Waals surface area contributed by atoms with Gasteiger partial charge in [0.2, 0.25) is 0 Å². The smallest absolute Gasteiger partial charge is 0.255 e. The van der Waals surface area contributed by atoms with Crippen LogP contribution in [-0.4, -0.2) is 9.13 Å². The lowest BCUT2D eigenvalue weighted by Crippen LogP contribution is -2.17. The third-order valence-corrected chi connectivity index (χ3v) is 4.33. The van der Waals surface area contributed by atoms with Gasteiger partial charge >= 0.3 is 0 Å². The number of aryl methyl sites for hydroxylation is 2. The number of nitrogens with zero attached hydrogens (tertiary/aromatic N) is 2. The van der Waals surface area contributed by atoms with Crippen LogP contribution in [0.2, 0.25) is 0 Å². The highest BCUT2D eigenvalue weighted by Gasteiger charge is 2.08. The van der Waals surface area contributed by atoms with Crippen molar-refractivity contribution < 1.29 is 0 Å². The fourth-order valence-electron chi connectivity index (χ4n) is 3.12. The van der Waals surface area contributed by atoms with Gasteiger partial charge in [0, 0.05) is 24.5 Å². The first kappa shape index (κ1) is 14.5. The Bertz CT molecular complexity index is 1010. The molecule has 0 amide bonds. The van der Waals surface area contributed by atoms with Gasteiger partial charge < -0.3 is 4.57 Å². The summed E-state index contributed by atoms with van der Waals surface area (Å²) < 4.78 is 3.98. The summed E-state index contributed by atoms with van der Waals surface area (Å²) in [4.78, 5) is 12.4. The zero-order valence-corrected chi connectivity index (χ0v) is 13.3. The molecule has 2 aromatic carbocycles. The van der Waals surface area contributed by atoms with Crippen molar-refractivity contribution in [3.8, 4) is 5.69 Å². The minimum absolute atomic E-state index is 0.00508. The molecule has 0 atom stereocenters. The second-order valence-corrected chi connectivity index (χ2v) is 5.86. The third kappa shape index (κ3) is 2.65. The molecular weight excluding hydrogens is 296 g/mol. The van der Waals surface area contributed by atoms with Crippen LogP contribution in [0.3, 0.4) is 0 Å². The van der Waals surface area contributed by atoms with Crippen LogP contribution in [0.15, 0.2) is 89.9 Å². The summed E-state index contributed by atoms with van der Waals surface area (Å²) in [6, 6.07) is 25.8. The van der Waals surface area contributed by atoms with Crippen LogP contribution in [0.1, 0.15) is 5.56 Å². The Morgan fingerprint density at radius 2 is 1.42 bits per heavy atom. The van der Waals surface area contributed by atoms with Crippen LogP contribution in [0.5, 0.6) is 0 Å². The summed E-state index contributed by atoms with van der Waals surface area (Å²) in [5.74, 6) is 0. The molecule has 0 fully saturated rings. The van der Waals surface area contributed by atoms with E-state index in [0.717, 1.165) is 29.7 Å². The number of fused-ring (bicyclic) bond motifs is 1. The number of hydrogen-bond donors (Lipinski definition) is 0. The van der Waals surface area contributed by atoms with Gasteiger partial charge in [0.25, 0.3) is 5.56 Å². The second-order valence-electron chi connectivity index (χ2n) is 5.86. The Morgan fingerprint density at radius 1 is 0.708 bits per heavy atom.